The Labute approximate surface area is 111 Å². The quantitative estimate of drug-likeness (QED) is 0.658. The standard InChI is InChI=1S/C12H16Cl2N2O/c1-7-4-5-17-12(7)11(16-15)9-6-8(13)2-3-10(9)14/h2-3,6-7,11-12,16H,4-5,15H2,1H3. The first kappa shape index (κ1) is 13.1. The van der Waals surface area contributed by atoms with Gasteiger partial charge in [0, 0.05) is 16.7 Å². The van der Waals surface area contributed by atoms with E-state index in [9.17, 15) is 0 Å². The van der Waals surface area contributed by atoms with Crippen molar-refractivity contribution in [2.45, 2.75) is 25.5 Å². The Kier molecular flexibility index (Phi) is 4.28. The molecule has 2 rings (SSSR count). The normalized spacial score (nSPS) is 26.1. The maximum absolute atomic E-state index is 6.19. The van der Waals surface area contributed by atoms with Gasteiger partial charge in [-0.15, -0.1) is 0 Å². The third-order valence-electron chi connectivity index (χ3n) is 3.25. The number of hydrazine groups is 1. The minimum Gasteiger partial charge on any atom is -0.376 e. The van der Waals surface area contributed by atoms with Crippen molar-refractivity contribution in [3.05, 3.63) is 33.8 Å². The van der Waals surface area contributed by atoms with Crippen LogP contribution in [0.3, 0.4) is 0 Å². The molecule has 17 heavy (non-hydrogen) atoms. The van der Waals surface area contributed by atoms with Crippen molar-refractivity contribution in [3.63, 3.8) is 0 Å². The van der Waals surface area contributed by atoms with Crippen LogP contribution in [0.1, 0.15) is 24.9 Å². The lowest BCUT2D eigenvalue weighted by atomic mass is 9.93. The van der Waals surface area contributed by atoms with Crippen LogP contribution in [0.25, 0.3) is 0 Å². The van der Waals surface area contributed by atoms with Crippen molar-refractivity contribution in [2.24, 2.45) is 11.8 Å². The molecule has 3 N–H and O–H groups in total. The molecule has 0 bridgehead atoms. The van der Waals surface area contributed by atoms with Gasteiger partial charge in [0.2, 0.25) is 0 Å². The molecule has 94 valence electrons. The highest BCUT2D eigenvalue weighted by atomic mass is 35.5. The van der Waals surface area contributed by atoms with Crippen molar-refractivity contribution >= 4 is 23.2 Å². The molecular formula is C12H16Cl2N2O. The van der Waals surface area contributed by atoms with Gasteiger partial charge in [-0.3, -0.25) is 11.3 Å². The molecule has 5 heteroatoms. The topological polar surface area (TPSA) is 47.3 Å². The lowest BCUT2D eigenvalue weighted by molar-refractivity contribution is 0.0607. The molecule has 3 nitrogen and oxygen atoms in total. The molecule has 0 aliphatic carbocycles. The first-order chi connectivity index (χ1) is 8.13. The number of nitrogens with two attached hydrogens (primary N) is 1. The zero-order valence-electron chi connectivity index (χ0n) is 9.62. The van der Waals surface area contributed by atoms with Crippen molar-refractivity contribution in [1.82, 2.24) is 5.43 Å². The van der Waals surface area contributed by atoms with Crippen molar-refractivity contribution in [2.75, 3.05) is 6.61 Å². The van der Waals surface area contributed by atoms with Gasteiger partial charge in [-0.1, -0.05) is 30.1 Å². The molecule has 3 atom stereocenters. The summed E-state index contributed by atoms with van der Waals surface area (Å²) >= 11 is 12.2. The Morgan fingerprint density at radius 1 is 1.47 bits per heavy atom. The molecule has 0 amide bonds. The van der Waals surface area contributed by atoms with Crippen molar-refractivity contribution in [3.8, 4) is 0 Å². The van der Waals surface area contributed by atoms with Crippen LogP contribution in [-0.2, 0) is 4.74 Å². The highest BCUT2D eigenvalue weighted by molar-refractivity contribution is 6.33. The summed E-state index contributed by atoms with van der Waals surface area (Å²) in [5.74, 6) is 6.08. The Morgan fingerprint density at radius 3 is 2.82 bits per heavy atom. The zero-order valence-corrected chi connectivity index (χ0v) is 11.1. The zero-order chi connectivity index (χ0) is 12.4. The maximum Gasteiger partial charge on any atom is 0.0809 e. The van der Waals surface area contributed by atoms with Gasteiger partial charge < -0.3 is 4.74 Å². The number of halogens is 2. The number of hydrogen-bond donors (Lipinski definition) is 2. The molecule has 0 aromatic heterocycles. The van der Waals surface area contributed by atoms with E-state index in [4.69, 9.17) is 33.8 Å². The van der Waals surface area contributed by atoms with E-state index in [1.165, 1.54) is 0 Å². The van der Waals surface area contributed by atoms with Gasteiger partial charge in [-0.25, -0.2) is 0 Å². The van der Waals surface area contributed by atoms with E-state index in [0.29, 0.717) is 16.0 Å². The van der Waals surface area contributed by atoms with Gasteiger partial charge >= 0.3 is 0 Å². The molecule has 1 saturated heterocycles. The molecule has 1 aromatic carbocycles. The molecule has 1 aliphatic heterocycles. The highest BCUT2D eigenvalue weighted by Crippen LogP contribution is 2.35. The van der Waals surface area contributed by atoms with Crippen LogP contribution in [0, 0.1) is 5.92 Å². The number of ether oxygens (including phenoxy) is 1. The third kappa shape index (κ3) is 2.75. The van der Waals surface area contributed by atoms with Crippen LogP contribution < -0.4 is 11.3 Å². The predicted octanol–water partition coefficient (Wildman–Crippen LogP) is 2.92. The van der Waals surface area contributed by atoms with E-state index < -0.39 is 0 Å². The fourth-order valence-electron chi connectivity index (χ4n) is 2.26. The van der Waals surface area contributed by atoms with E-state index in [1.54, 1.807) is 12.1 Å². The molecule has 0 spiro atoms. The summed E-state index contributed by atoms with van der Waals surface area (Å²) in [6.07, 6.45) is 1.08. The van der Waals surface area contributed by atoms with Gasteiger partial charge in [0.1, 0.15) is 0 Å². The van der Waals surface area contributed by atoms with E-state index in [0.717, 1.165) is 18.6 Å². The molecule has 1 heterocycles. The largest absolute Gasteiger partial charge is 0.376 e. The summed E-state index contributed by atoms with van der Waals surface area (Å²) in [6.45, 7) is 2.92. The van der Waals surface area contributed by atoms with Gasteiger partial charge in [-0.2, -0.15) is 0 Å². The van der Waals surface area contributed by atoms with Crippen LogP contribution in [-0.4, -0.2) is 12.7 Å². The van der Waals surface area contributed by atoms with Gasteiger partial charge in [-0.05, 0) is 36.1 Å². The van der Waals surface area contributed by atoms with Gasteiger partial charge in [0.25, 0.3) is 0 Å². The number of benzene rings is 1. The molecule has 1 fully saturated rings. The fourth-order valence-corrected chi connectivity index (χ4v) is 2.67. The fraction of sp³-hybridized carbons (Fsp3) is 0.500. The lowest BCUT2D eigenvalue weighted by Crippen LogP contribution is -2.38. The van der Waals surface area contributed by atoms with Crippen molar-refractivity contribution in [1.29, 1.82) is 0 Å². The van der Waals surface area contributed by atoms with Crippen LogP contribution in [0.4, 0.5) is 0 Å². The summed E-state index contributed by atoms with van der Waals surface area (Å²) < 4.78 is 5.72. The summed E-state index contributed by atoms with van der Waals surface area (Å²) in [5.41, 5.74) is 3.68. The van der Waals surface area contributed by atoms with Crippen LogP contribution >= 0.6 is 23.2 Å². The number of rotatable bonds is 3. The van der Waals surface area contributed by atoms with E-state index >= 15 is 0 Å². The van der Waals surface area contributed by atoms with Crippen LogP contribution in [0.2, 0.25) is 10.0 Å². The smallest absolute Gasteiger partial charge is 0.0809 e. The van der Waals surface area contributed by atoms with Crippen LogP contribution in [0.5, 0.6) is 0 Å². The molecule has 0 saturated carbocycles. The minimum absolute atomic E-state index is 0.0379. The summed E-state index contributed by atoms with van der Waals surface area (Å²) in [4.78, 5) is 0. The van der Waals surface area contributed by atoms with Crippen molar-refractivity contribution < 1.29 is 4.74 Å². The van der Waals surface area contributed by atoms with E-state index in [1.807, 2.05) is 6.07 Å². The molecular weight excluding hydrogens is 259 g/mol. The molecule has 0 radical (unpaired) electrons. The second kappa shape index (κ2) is 5.55. The van der Waals surface area contributed by atoms with Crippen LogP contribution in [0.15, 0.2) is 18.2 Å². The second-order valence-electron chi connectivity index (χ2n) is 4.41. The number of hydrogen-bond acceptors (Lipinski definition) is 3. The Balaban J connectivity index is 2.31. The van der Waals surface area contributed by atoms with Gasteiger partial charge in [0.15, 0.2) is 0 Å². The first-order valence-electron chi connectivity index (χ1n) is 5.66. The highest BCUT2D eigenvalue weighted by Gasteiger charge is 2.33. The monoisotopic (exact) mass is 274 g/mol. The average Bonchev–Trinajstić information content (AvgIpc) is 2.71. The Bertz CT molecular complexity index is 400. The third-order valence-corrected chi connectivity index (χ3v) is 3.82. The SMILES string of the molecule is CC1CCOC1C(NN)c1cc(Cl)ccc1Cl. The Hall–Kier alpha value is -0.320. The summed E-state index contributed by atoms with van der Waals surface area (Å²) in [5, 5.41) is 1.30. The summed E-state index contributed by atoms with van der Waals surface area (Å²) in [7, 11) is 0. The Morgan fingerprint density at radius 2 is 2.24 bits per heavy atom. The maximum atomic E-state index is 6.19. The molecule has 3 unspecified atom stereocenters. The first-order valence-corrected chi connectivity index (χ1v) is 6.41. The van der Waals surface area contributed by atoms with Gasteiger partial charge in [0.05, 0.1) is 12.1 Å². The summed E-state index contributed by atoms with van der Waals surface area (Å²) in [6, 6.07) is 5.25. The molecule has 1 aliphatic rings. The predicted molar refractivity (Wildman–Crippen MR) is 70.0 cm³/mol. The van der Waals surface area contributed by atoms with E-state index in [2.05, 4.69) is 12.3 Å². The minimum atomic E-state index is -0.126. The van der Waals surface area contributed by atoms with E-state index in [-0.39, 0.29) is 12.1 Å². The molecule has 1 aromatic rings. The lowest BCUT2D eigenvalue weighted by Gasteiger charge is -2.26. The number of nitrogens with one attached hydrogen (secondary N) is 1. The average molecular weight is 275 g/mol. The second-order valence-corrected chi connectivity index (χ2v) is 5.26.